The van der Waals surface area contributed by atoms with E-state index in [2.05, 4.69) is 32.9 Å². The number of aromatic nitrogens is 3. The molecule has 0 aliphatic rings. The van der Waals surface area contributed by atoms with E-state index in [1.165, 1.54) is 6.20 Å². The normalized spacial score (nSPS) is 10.7. The summed E-state index contributed by atoms with van der Waals surface area (Å²) in [4.78, 5) is 15.2. The van der Waals surface area contributed by atoms with Crippen molar-refractivity contribution < 1.29 is 9.90 Å². The molecule has 6 heteroatoms. The summed E-state index contributed by atoms with van der Waals surface area (Å²) in [5, 5.41) is 13.7. The van der Waals surface area contributed by atoms with Crippen LogP contribution in [-0.4, -0.2) is 25.8 Å². The van der Waals surface area contributed by atoms with Gasteiger partial charge in [-0.15, -0.1) is 0 Å². The lowest BCUT2D eigenvalue weighted by Gasteiger charge is -2.08. The Kier molecular flexibility index (Phi) is 3.71. The molecule has 0 atom stereocenters. The van der Waals surface area contributed by atoms with Gasteiger partial charge in [0.2, 0.25) is 0 Å². The zero-order valence-electron chi connectivity index (χ0n) is 10.9. The molecule has 0 saturated heterocycles. The summed E-state index contributed by atoms with van der Waals surface area (Å²) in [6, 6.07) is 1.72. The van der Waals surface area contributed by atoms with Crippen LogP contribution in [0.5, 0.6) is 0 Å². The maximum Gasteiger partial charge on any atom is 0.356 e. The Morgan fingerprint density at radius 1 is 1.47 bits per heavy atom. The van der Waals surface area contributed by atoms with Gasteiger partial charge in [0.25, 0.3) is 0 Å². The van der Waals surface area contributed by atoms with Gasteiger partial charge in [-0.2, -0.15) is 5.10 Å². The van der Waals surface area contributed by atoms with E-state index in [0.29, 0.717) is 5.69 Å². The molecule has 0 radical (unpaired) electrons. The Morgan fingerprint density at radius 3 is 2.68 bits per heavy atom. The number of aromatic carboxylic acids is 1. The number of hydrogen-bond acceptors (Lipinski definition) is 3. The number of carboxylic acid groups (broad SMARTS) is 1. The molecule has 19 heavy (non-hydrogen) atoms. The largest absolute Gasteiger partial charge is 0.476 e. The number of nitrogens with zero attached hydrogens (tertiary/aromatic N) is 3. The predicted molar refractivity (Wildman–Crippen MR) is 74.9 cm³/mol. The fourth-order valence-electron chi connectivity index (χ4n) is 2.18. The maximum absolute atomic E-state index is 11.3. The van der Waals surface area contributed by atoms with Gasteiger partial charge in [-0.1, -0.05) is 6.92 Å². The Labute approximate surface area is 119 Å². The Hall–Kier alpha value is -1.69. The van der Waals surface area contributed by atoms with Gasteiger partial charge in [-0.25, -0.2) is 14.5 Å². The zero-order valence-corrected chi connectivity index (χ0v) is 12.5. The summed E-state index contributed by atoms with van der Waals surface area (Å²) in [5.41, 5.74) is 3.47. The van der Waals surface area contributed by atoms with Crippen LogP contribution in [0.2, 0.25) is 0 Å². The van der Waals surface area contributed by atoms with Crippen molar-refractivity contribution in [2.45, 2.75) is 27.2 Å². The highest BCUT2D eigenvalue weighted by Crippen LogP contribution is 2.22. The van der Waals surface area contributed by atoms with E-state index in [0.717, 1.165) is 27.8 Å². The highest BCUT2D eigenvalue weighted by atomic mass is 79.9. The molecule has 0 amide bonds. The number of carbonyl (C=O) groups is 1. The highest BCUT2D eigenvalue weighted by Gasteiger charge is 2.18. The van der Waals surface area contributed by atoms with Crippen molar-refractivity contribution in [2.24, 2.45) is 0 Å². The molecule has 2 aromatic rings. The van der Waals surface area contributed by atoms with E-state index in [-0.39, 0.29) is 5.69 Å². The smallest absolute Gasteiger partial charge is 0.356 e. The molecule has 2 heterocycles. The van der Waals surface area contributed by atoms with E-state index in [1.54, 1.807) is 10.7 Å². The summed E-state index contributed by atoms with van der Waals surface area (Å²) in [6.45, 7) is 5.91. The van der Waals surface area contributed by atoms with Gasteiger partial charge in [0.1, 0.15) is 0 Å². The predicted octanol–water partition coefficient (Wildman–Crippen LogP) is 2.91. The van der Waals surface area contributed by atoms with Crippen molar-refractivity contribution in [1.29, 1.82) is 0 Å². The van der Waals surface area contributed by atoms with Crippen molar-refractivity contribution >= 4 is 21.9 Å². The number of rotatable bonds is 3. The van der Waals surface area contributed by atoms with Crippen molar-refractivity contribution in [3.63, 3.8) is 0 Å². The second-order valence-corrected chi connectivity index (χ2v) is 5.16. The molecule has 0 aliphatic heterocycles. The minimum Gasteiger partial charge on any atom is -0.476 e. The van der Waals surface area contributed by atoms with Crippen LogP contribution in [0.3, 0.4) is 0 Å². The van der Waals surface area contributed by atoms with Gasteiger partial charge in [0, 0.05) is 16.4 Å². The average Bonchev–Trinajstić information content (AvgIpc) is 2.63. The fraction of sp³-hybridized carbons (Fsp3) is 0.308. The SMILES string of the molecule is CCc1c(C)nn(-c2cc(Br)cnc2C(=O)O)c1C. The molecule has 0 spiro atoms. The molecule has 0 aromatic carbocycles. The number of halogens is 1. The van der Waals surface area contributed by atoms with Gasteiger partial charge in [0.15, 0.2) is 5.69 Å². The van der Waals surface area contributed by atoms with Crippen molar-refractivity contribution in [3.05, 3.63) is 39.4 Å². The first-order valence-corrected chi connectivity index (χ1v) is 6.69. The first kappa shape index (κ1) is 13.7. The molecule has 0 fully saturated rings. The third-order valence-corrected chi connectivity index (χ3v) is 3.49. The van der Waals surface area contributed by atoms with Crippen LogP contribution in [0.15, 0.2) is 16.7 Å². The van der Waals surface area contributed by atoms with Crippen molar-refractivity contribution in [2.75, 3.05) is 0 Å². The molecular weight excluding hydrogens is 310 g/mol. The van der Waals surface area contributed by atoms with Crippen LogP contribution < -0.4 is 0 Å². The van der Waals surface area contributed by atoms with E-state index in [4.69, 9.17) is 0 Å². The lowest BCUT2D eigenvalue weighted by Crippen LogP contribution is -2.10. The van der Waals surface area contributed by atoms with E-state index < -0.39 is 5.97 Å². The third kappa shape index (κ3) is 2.40. The number of hydrogen-bond donors (Lipinski definition) is 1. The number of pyridine rings is 1. The van der Waals surface area contributed by atoms with Gasteiger partial charge in [-0.05, 0) is 47.8 Å². The van der Waals surface area contributed by atoms with E-state index in [9.17, 15) is 9.90 Å². The quantitative estimate of drug-likeness (QED) is 0.943. The van der Waals surface area contributed by atoms with Crippen LogP contribution in [0.25, 0.3) is 5.69 Å². The monoisotopic (exact) mass is 323 g/mol. The Morgan fingerprint density at radius 2 is 2.16 bits per heavy atom. The van der Waals surface area contributed by atoms with Crippen LogP contribution >= 0.6 is 15.9 Å². The van der Waals surface area contributed by atoms with Gasteiger partial charge < -0.3 is 5.11 Å². The molecule has 1 N–H and O–H groups in total. The van der Waals surface area contributed by atoms with Gasteiger partial charge >= 0.3 is 5.97 Å². The molecule has 0 saturated carbocycles. The standard InChI is InChI=1S/C13H14BrN3O2/c1-4-10-7(2)16-17(8(10)3)11-5-9(14)6-15-12(11)13(18)19/h5-6H,4H2,1-3H3,(H,18,19). The minimum atomic E-state index is -1.06. The molecule has 2 aromatic heterocycles. The number of carboxylic acids is 1. The summed E-state index contributed by atoms with van der Waals surface area (Å²) in [6.07, 6.45) is 2.33. The summed E-state index contributed by atoms with van der Waals surface area (Å²) in [7, 11) is 0. The topological polar surface area (TPSA) is 68.0 Å². The molecule has 2 rings (SSSR count). The minimum absolute atomic E-state index is 0.00328. The van der Waals surface area contributed by atoms with Crippen LogP contribution in [0.4, 0.5) is 0 Å². The van der Waals surface area contributed by atoms with Crippen molar-refractivity contribution in [1.82, 2.24) is 14.8 Å². The van der Waals surface area contributed by atoms with Crippen LogP contribution in [-0.2, 0) is 6.42 Å². The van der Waals surface area contributed by atoms with Crippen LogP contribution in [0, 0.1) is 13.8 Å². The van der Waals surface area contributed by atoms with Gasteiger partial charge in [0.05, 0.1) is 11.4 Å². The molecular formula is C13H14BrN3O2. The third-order valence-electron chi connectivity index (χ3n) is 3.06. The molecule has 5 nitrogen and oxygen atoms in total. The maximum atomic E-state index is 11.3. The Bertz CT molecular complexity index is 650. The van der Waals surface area contributed by atoms with E-state index in [1.807, 2.05) is 13.8 Å². The zero-order chi connectivity index (χ0) is 14.2. The number of aryl methyl sites for hydroxylation is 1. The summed E-state index contributed by atoms with van der Waals surface area (Å²) in [5.74, 6) is -1.06. The van der Waals surface area contributed by atoms with E-state index >= 15 is 0 Å². The summed E-state index contributed by atoms with van der Waals surface area (Å²) >= 11 is 3.31. The lowest BCUT2D eigenvalue weighted by molar-refractivity contribution is 0.0690. The molecule has 100 valence electrons. The Balaban J connectivity index is 2.71. The molecule has 0 unspecified atom stereocenters. The van der Waals surface area contributed by atoms with Gasteiger partial charge in [-0.3, -0.25) is 0 Å². The van der Waals surface area contributed by atoms with Crippen LogP contribution in [0.1, 0.15) is 34.4 Å². The first-order chi connectivity index (χ1) is 8.95. The lowest BCUT2D eigenvalue weighted by atomic mass is 10.1. The van der Waals surface area contributed by atoms with Crippen molar-refractivity contribution in [3.8, 4) is 5.69 Å². The molecule has 0 aliphatic carbocycles. The second kappa shape index (κ2) is 5.13. The fourth-order valence-corrected chi connectivity index (χ4v) is 2.50. The second-order valence-electron chi connectivity index (χ2n) is 4.24. The summed E-state index contributed by atoms with van der Waals surface area (Å²) < 4.78 is 2.37. The average molecular weight is 324 g/mol. The first-order valence-electron chi connectivity index (χ1n) is 5.90. The molecule has 0 bridgehead atoms. The highest BCUT2D eigenvalue weighted by molar-refractivity contribution is 9.10.